The molecular formula is C14H17N3OS. The molecule has 2 aromatic rings. The van der Waals surface area contributed by atoms with Crippen molar-refractivity contribution in [3.05, 3.63) is 23.2 Å². The first-order chi connectivity index (χ1) is 9.16. The van der Waals surface area contributed by atoms with Crippen LogP contribution in [0.3, 0.4) is 0 Å². The van der Waals surface area contributed by atoms with Gasteiger partial charge in [-0.2, -0.15) is 0 Å². The maximum atomic E-state index is 12.6. The molecule has 0 saturated carbocycles. The van der Waals surface area contributed by atoms with Crippen LogP contribution in [0.25, 0.3) is 10.2 Å². The third-order valence-electron chi connectivity index (χ3n) is 3.62. The summed E-state index contributed by atoms with van der Waals surface area (Å²) in [6.07, 6.45) is 3.99. The smallest absolute Gasteiger partial charge is 0.266 e. The molecule has 1 atom stereocenters. The molecule has 19 heavy (non-hydrogen) atoms. The molecule has 0 spiro atoms. The summed E-state index contributed by atoms with van der Waals surface area (Å²) in [4.78, 5) is 19.4. The third-order valence-corrected chi connectivity index (χ3v) is 4.77. The molecule has 1 amide bonds. The lowest BCUT2D eigenvalue weighted by Gasteiger charge is -2.30. The quantitative estimate of drug-likeness (QED) is 0.870. The van der Waals surface area contributed by atoms with Crippen LogP contribution in [0.2, 0.25) is 0 Å². The maximum Gasteiger partial charge on any atom is 0.266 e. The van der Waals surface area contributed by atoms with E-state index in [1.807, 2.05) is 17.0 Å². The van der Waals surface area contributed by atoms with Crippen LogP contribution in [0.5, 0.6) is 0 Å². The van der Waals surface area contributed by atoms with E-state index in [1.54, 1.807) is 6.20 Å². The van der Waals surface area contributed by atoms with E-state index in [0.29, 0.717) is 16.5 Å². The van der Waals surface area contributed by atoms with Gasteiger partial charge in [-0.1, -0.05) is 6.92 Å². The average molecular weight is 275 g/mol. The number of anilines is 1. The Balaban J connectivity index is 1.95. The van der Waals surface area contributed by atoms with Gasteiger partial charge in [-0.15, -0.1) is 11.3 Å². The Morgan fingerprint density at radius 2 is 2.42 bits per heavy atom. The third kappa shape index (κ3) is 2.18. The van der Waals surface area contributed by atoms with Crippen LogP contribution < -0.4 is 5.73 Å². The van der Waals surface area contributed by atoms with Gasteiger partial charge in [-0.25, -0.2) is 0 Å². The van der Waals surface area contributed by atoms with Crippen molar-refractivity contribution in [1.82, 2.24) is 9.88 Å². The number of nitrogens with two attached hydrogens (primary N) is 1. The lowest BCUT2D eigenvalue weighted by Crippen LogP contribution is -2.39. The molecule has 3 heterocycles. The summed E-state index contributed by atoms with van der Waals surface area (Å²) in [5.74, 6) is 0.637. The molecule has 2 aromatic heterocycles. The van der Waals surface area contributed by atoms with Gasteiger partial charge in [0.1, 0.15) is 10.4 Å². The zero-order valence-corrected chi connectivity index (χ0v) is 11.7. The fourth-order valence-electron chi connectivity index (χ4n) is 2.62. The van der Waals surface area contributed by atoms with Crippen molar-refractivity contribution in [2.45, 2.75) is 19.8 Å². The van der Waals surface area contributed by atoms with Gasteiger partial charge >= 0.3 is 0 Å². The van der Waals surface area contributed by atoms with Gasteiger partial charge in [-0.3, -0.25) is 9.78 Å². The molecule has 4 nitrogen and oxygen atoms in total. The highest BCUT2D eigenvalue weighted by Gasteiger charge is 2.25. The van der Waals surface area contributed by atoms with Gasteiger partial charge in [0, 0.05) is 19.3 Å². The number of fused-ring (bicyclic) bond motifs is 1. The fraction of sp³-hybridized carbons (Fsp3) is 0.429. The van der Waals surface area contributed by atoms with E-state index in [2.05, 4.69) is 11.9 Å². The van der Waals surface area contributed by atoms with Crippen molar-refractivity contribution in [3.8, 4) is 0 Å². The number of hydrogen-bond donors (Lipinski definition) is 1. The molecule has 0 aliphatic carbocycles. The van der Waals surface area contributed by atoms with Crippen molar-refractivity contribution in [2.75, 3.05) is 18.8 Å². The summed E-state index contributed by atoms with van der Waals surface area (Å²) in [5, 5.41) is 0. The van der Waals surface area contributed by atoms with Crippen molar-refractivity contribution in [2.24, 2.45) is 5.92 Å². The molecule has 1 unspecified atom stereocenters. The molecule has 0 radical (unpaired) electrons. The van der Waals surface area contributed by atoms with E-state index < -0.39 is 0 Å². The van der Waals surface area contributed by atoms with Crippen LogP contribution >= 0.6 is 11.3 Å². The molecule has 3 rings (SSSR count). The molecule has 1 saturated heterocycles. The molecule has 2 N–H and O–H groups in total. The largest absolute Gasteiger partial charge is 0.396 e. The highest BCUT2D eigenvalue weighted by molar-refractivity contribution is 7.21. The SMILES string of the molecule is CC1CCCN(C(=O)c2sc3cccnc3c2N)C1. The number of pyridine rings is 1. The number of piperidine rings is 1. The zero-order chi connectivity index (χ0) is 13.4. The molecule has 0 aromatic carbocycles. The van der Waals surface area contributed by atoms with E-state index in [1.165, 1.54) is 17.8 Å². The summed E-state index contributed by atoms with van der Waals surface area (Å²) >= 11 is 1.45. The molecule has 1 aliphatic rings. The summed E-state index contributed by atoms with van der Waals surface area (Å²) in [6.45, 7) is 3.86. The average Bonchev–Trinajstić information content (AvgIpc) is 2.76. The highest BCUT2D eigenvalue weighted by Crippen LogP contribution is 2.33. The van der Waals surface area contributed by atoms with Gasteiger partial charge in [-0.05, 0) is 30.9 Å². The highest BCUT2D eigenvalue weighted by atomic mass is 32.1. The first-order valence-electron chi connectivity index (χ1n) is 6.59. The topological polar surface area (TPSA) is 59.2 Å². The fourth-order valence-corrected chi connectivity index (χ4v) is 3.67. The second kappa shape index (κ2) is 4.81. The predicted molar refractivity (Wildman–Crippen MR) is 78.3 cm³/mol. The normalized spacial score (nSPS) is 19.8. The van der Waals surface area contributed by atoms with E-state index in [9.17, 15) is 4.79 Å². The first-order valence-corrected chi connectivity index (χ1v) is 7.40. The summed E-state index contributed by atoms with van der Waals surface area (Å²) in [6, 6.07) is 3.83. The van der Waals surface area contributed by atoms with Crippen molar-refractivity contribution < 1.29 is 4.79 Å². The minimum absolute atomic E-state index is 0.0621. The van der Waals surface area contributed by atoms with Crippen LogP contribution in [-0.4, -0.2) is 28.9 Å². The maximum absolute atomic E-state index is 12.6. The number of nitrogens with zero attached hydrogens (tertiary/aromatic N) is 2. The molecule has 0 bridgehead atoms. The van der Waals surface area contributed by atoms with Crippen LogP contribution in [0.4, 0.5) is 5.69 Å². The summed E-state index contributed by atoms with van der Waals surface area (Å²) < 4.78 is 0.980. The summed E-state index contributed by atoms with van der Waals surface area (Å²) in [5.41, 5.74) is 7.36. The molecule has 1 aliphatic heterocycles. The lowest BCUT2D eigenvalue weighted by atomic mass is 10.0. The number of thiophene rings is 1. The van der Waals surface area contributed by atoms with Gasteiger partial charge < -0.3 is 10.6 Å². The van der Waals surface area contributed by atoms with E-state index in [-0.39, 0.29) is 5.91 Å². The van der Waals surface area contributed by atoms with Gasteiger partial charge in [0.05, 0.1) is 10.4 Å². The van der Waals surface area contributed by atoms with Crippen LogP contribution in [0.15, 0.2) is 18.3 Å². The van der Waals surface area contributed by atoms with E-state index in [4.69, 9.17) is 5.73 Å². The number of nitrogen functional groups attached to an aromatic ring is 1. The second-order valence-corrected chi connectivity index (χ2v) is 6.25. The summed E-state index contributed by atoms with van der Waals surface area (Å²) in [7, 11) is 0. The number of aromatic nitrogens is 1. The van der Waals surface area contributed by atoms with Crippen LogP contribution in [0.1, 0.15) is 29.4 Å². The van der Waals surface area contributed by atoms with E-state index >= 15 is 0 Å². The number of hydrogen-bond acceptors (Lipinski definition) is 4. The Kier molecular flexibility index (Phi) is 3.14. The number of carbonyl (C=O) groups is 1. The Bertz CT molecular complexity index is 622. The van der Waals surface area contributed by atoms with Crippen molar-refractivity contribution >= 4 is 33.1 Å². The minimum Gasteiger partial charge on any atom is -0.396 e. The van der Waals surface area contributed by atoms with Crippen molar-refractivity contribution in [3.63, 3.8) is 0 Å². The lowest BCUT2D eigenvalue weighted by molar-refractivity contribution is 0.0689. The zero-order valence-electron chi connectivity index (χ0n) is 10.9. The Hall–Kier alpha value is -1.62. The van der Waals surface area contributed by atoms with Gasteiger partial charge in [0.25, 0.3) is 5.91 Å². The minimum atomic E-state index is 0.0621. The first kappa shape index (κ1) is 12.4. The predicted octanol–water partition coefficient (Wildman–Crippen LogP) is 2.75. The molecule has 5 heteroatoms. The Morgan fingerprint density at radius 1 is 1.58 bits per heavy atom. The number of amides is 1. The van der Waals surface area contributed by atoms with Gasteiger partial charge in [0.15, 0.2) is 0 Å². The molecular weight excluding hydrogens is 258 g/mol. The van der Waals surface area contributed by atoms with Crippen LogP contribution in [-0.2, 0) is 0 Å². The Labute approximate surface area is 116 Å². The molecule has 1 fully saturated rings. The van der Waals surface area contributed by atoms with Crippen molar-refractivity contribution in [1.29, 1.82) is 0 Å². The van der Waals surface area contributed by atoms with E-state index in [0.717, 1.165) is 29.7 Å². The Morgan fingerprint density at radius 3 is 3.16 bits per heavy atom. The monoisotopic (exact) mass is 275 g/mol. The standard InChI is InChI=1S/C14H17N3OS/c1-9-4-3-7-17(8-9)14(18)13-11(15)12-10(19-13)5-2-6-16-12/h2,5-6,9H,3-4,7-8,15H2,1H3. The van der Waals surface area contributed by atoms with Gasteiger partial charge in [0.2, 0.25) is 0 Å². The van der Waals surface area contributed by atoms with Crippen LogP contribution in [0, 0.1) is 5.92 Å². The second-order valence-electron chi connectivity index (χ2n) is 5.19. The number of carbonyl (C=O) groups excluding carboxylic acids is 1. The number of likely N-dealkylation sites (tertiary alicyclic amines) is 1. The molecule has 100 valence electrons. The number of rotatable bonds is 1.